The molecule has 0 bridgehead atoms. The first-order valence-electron chi connectivity index (χ1n) is 12.5. The molecular weight excluding hydrogens is 458 g/mol. The number of aromatic amines is 1. The van der Waals surface area contributed by atoms with Gasteiger partial charge < -0.3 is 20.0 Å². The van der Waals surface area contributed by atoms with Crippen LogP contribution in [0.25, 0.3) is 0 Å². The highest BCUT2D eigenvalue weighted by molar-refractivity contribution is 6.01. The molecule has 0 radical (unpaired) electrons. The first-order chi connectivity index (χ1) is 17.6. The van der Waals surface area contributed by atoms with Gasteiger partial charge in [0.1, 0.15) is 5.69 Å². The third-order valence-corrected chi connectivity index (χ3v) is 7.74. The molecule has 2 aromatic heterocycles. The van der Waals surface area contributed by atoms with E-state index in [2.05, 4.69) is 60.1 Å². The second-order valence-corrected chi connectivity index (χ2v) is 10.2. The van der Waals surface area contributed by atoms with Gasteiger partial charge in [-0.1, -0.05) is 34.6 Å². The number of nitrogens with one attached hydrogen (secondary N) is 2. The topological polar surface area (TPSA) is 125 Å². The Bertz CT molecular complexity index is 1310. The molecule has 5 heterocycles. The van der Waals surface area contributed by atoms with Gasteiger partial charge >= 0.3 is 6.03 Å². The summed E-state index contributed by atoms with van der Waals surface area (Å²) in [7, 11) is 0. The second-order valence-electron chi connectivity index (χ2n) is 10.2. The number of aromatic nitrogens is 5. The number of fused-ring (bicyclic) bond motifs is 2. The Balaban J connectivity index is 0.955. The van der Waals surface area contributed by atoms with Crippen molar-refractivity contribution in [3.8, 4) is 0 Å². The zero-order valence-electron chi connectivity index (χ0n) is 19.9. The van der Waals surface area contributed by atoms with Gasteiger partial charge in [-0.05, 0) is 24.0 Å². The van der Waals surface area contributed by atoms with Crippen LogP contribution in [0.2, 0.25) is 0 Å². The van der Waals surface area contributed by atoms with Crippen LogP contribution in [0, 0.1) is 0 Å². The molecule has 1 spiro atoms. The van der Waals surface area contributed by atoms with E-state index in [0.29, 0.717) is 44.6 Å². The fourth-order valence-electron chi connectivity index (χ4n) is 5.77. The van der Waals surface area contributed by atoms with Crippen molar-refractivity contribution in [1.29, 1.82) is 0 Å². The van der Waals surface area contributed by atoms with Gasteiger partial charge in [-0.25, -0.2) is 14.8 Å². The number of carbonyl (C=O) groups excluding carboxylic acids is 1. The molecule has 2 amide bonds. The van der Waals surface area contributed by atoms with Crippen LogP contribution in [0.3, 0.4) is 0 Å². The highest BCUT2D eigenvalue weighted by Gasteiger charge is 2.47. The number of hydrogen-bond acceptors (Lipinski definition) is 8. The molecule has 1 aliphatic carbocycles. The molecule has 36 heavy (non-hydrogen) atoms. The minimum atomic E-state index is -0.480. The molecule has 1 aromatic carbocycles. The number of urea groups is 1. The van der Waals surface area contributed by atoms with Gasteiger partial charge in [0.05, 0.1) is 24.5 Å². The third kappa shape index (κ3) is 3.75. The van der Waals surface area contributed by atoms with Crippen LogP contribution < -0.4 is 5.32 Å². The van der Waals surface area contributed by atoms with E-state index in [4.69, 9.17) is 4.84 Å². The number of hydrogen-bond donors (Lipinski definition) is 2. The maximum absolute atomic E-state index is 13.1. The van der Waals surface area contributed by atoms with E-state index in [1.807, 2.05) is 9.80 Å². The normalized spacial score (nSPS) is 22.9. The Morgan fingerprint density at radius 1 is 1.11 bits per heavy atom. The molecule has 11 heteroatoms. The lowest BCUT2D eigenvalue weighted by Crippen LogP contribution is -2.46. The largest absolute Gasteiger partial charge is 0.387 e. The standard InChI is InChI=1S/C25H27N9O2/c35-24(33-7-5-20-22(14-33)30-32-29-20)34-8-6-25(15-34)11-21(31-36-25)18-12-26-23(27-13-18)28-19-9-16-3-1-2-4-17(16)10-19/h1-4,12-13,19H,5-11,14-15H2,(H,26,27,28)(H,29,30,32). The number of benzene rings is 1. The smallest absolute Gasteiger partial charge is 0.320 e. The van der Waals surface area contributed by atoms with Crippen molar-refractivity contribution in [2.24, 2.45) is 5.16 Å². The van der Waals surface area contributed by atoms with Crippen molar-refractivity contribution in [3.05, 3.63) is 64.7 Å². The highest BCUT2D eigenvalue weighted by Crippen LogP contribution is 2.36. The molecule has 184 valence electrons. The quantitative estimate of drug-likeness (QED) is 0.581. The fourth-order valence-corrected chi connectivity index (χ4v) is 5.77. The van der Waals surface area contributed by atoms with Crippen molar-refractivity contribution in [1.82, 2.24) is 35.2 Å². The lowest BCUT2D eigenvalue weighted by molar-refractivity contribution is -0.00864. The SMILES string of the molecule is O=C(N1CCc2[nH]nnc2C1)N1CCC2(CC(c3cnc(NC4Cc5ccccc5C4)nc3)=NO2)C1. The van der Waals surface area contributed by atoms with Crippen LogP contribution in [0.4, 0.5) is 10.7 Å². The average Bonchev–Trinajstić information content (AvgIpc) is 3.70. The van der Waals surface area contributed by atoms with E-state index in [0.717, 1.165) is 48.3 Å². The zero-order chi connectivity index (χ0) is 24.1. The number of rotatable bonds is 3. The van der Waals surface area contributed by atoms with Gasteiger partial charge in [0.2, 0.25) is 5.95 Å². The molecule has 3 aliphatic heterocycles. The summed E-state index contributed by atoms with van der Waals surface area (Å²) in [5.41, 5.74) is 5.85. The molecule has 1 fully saturated rings. The molecular formula is C25H27N9O2. The third-order valence-electron chi connectivity index (χ3n) is 7.74. The second kappa shape index (κ2) is 8.28. The predicted molar refractivity (Wildman–Crippen MR) is 130 cm³/mol. The van der Waals surface area contributed by atoms with Crippen molar-refractivity contribution in [2.75, 3.05) is 25.0 Å². The summed E-state index contributed by atoms with van der Waals surface area (Å²) in [5, 5.41) is 18.7. The van der Waals surface area contributed by atoms with Crippen molar-refractivity contribution in [2.45, 2.75) is 50.3 Å². The van der Waals surface area contributed by atoms with Gasteiger partial charge in [0, 0.05) is 56.4 Å². The molecule has 1 atom stereocenters. The number of nitrogens with zero attached hydrogens (tertiary/aromatic N) is 7. The Hall–Kier alpha value is -4.02. The molecule has 4 aliphatic rings. The monoisotopic (exact) mass is 485 g/mol. The molecule has 0 saturated carbocycles. The van der Waals surface area contributed by atoms with Crippen LogP contribution in [-0.2, 0) is 30.6 Å². The van der Waals surface area contributed by atoms with Gasteiger partial charge in [0.25, 0.3) is 0 Å². The molecule has 3 aromatic rings. The number of likely N-dealkylation sites (tertiary alicyclic amines) is 1. The Morgan fingerprint density at radius 3 is 2.72 bits per heavy atom. The lowest BCUT2D eigenvalue weighted by atomic mass is 9.94. The Labute approximate surface area is 207 Å². The molecule has 11 nitrogen and oxygen atoms in total. The van der Waals surface area contributed by atoms with Crippen LogP contribution in [0.15, 0.2) is 41.8 Å². The summed E-state index contributed by atoms with van der Waals surface area (Å²) >= 11 is 0. The summed E-state index contributed by atoms with van der Waals surface area (Å²) in [6.45, 7) is 2.31. The summed E-state index contributed by atoms with van der Waals surface area (Å²) in [4.78, 5) is 31.9. The van der Waals surface area contributed by atoms with E-state index in [1.165, 1.54) is 11.1 Å². The van der Waals surface area contributed by atoms with Gasteiger partial charge in [-0.2, -0.15) is 0 Å². The van der Waals surface area contributed by atoms with Crippen molar-refractivity contribution < 1.29 is 9.63 Å². The maximum atomic E-state index is 13.1. The average molecular weight is 486 g/mol. The first-order valence-corrected chi connectivity index (χ1v) is 12.5. The van der Waals surface area contributed by atoms with E-state index in [-0.39, 0.29) is 6.03 Å². The fraction of sp³-hybridized carbons (Fsp3) is 0.440. The van der Waals surface area contributed by atoms with E-state index in [9.17, 15) is 4.79 Å². The van der Waals surface area contributed by atoms with E-state index < -0.39 is 5.60 Å². The zero-order valence-corrected chi connectivity index (χ0v) is 19.9. The number of H-pyrrole nitrogens is 1. The first kappa shape index (κ1) is 21.3. The lowest BCUT2D eigenvalue weighted by Gasteiger charge is -2.30. The van der Waals surface area contributed by atoms with Crippen LogP contribution in [-0.4, -0.2) is 78.2 Å². The minimum absolute atomic E-state index is 0.0189. The molecule has 1 unspecified atom stereocenters. The van der Waals surface area contributed by atoms with E-state index >= 15 is 0 Å². The summed E-state index contributed by atoms with van der Waals surface area (Å²) < 4.78 is 0. The van der Waals surface area contributed by atoms with Gasteiger partial charge in [-0.3, -0.25) is 5.10 Å². The number of amides is 2. The molecule has 2 N–H and O–H groups in total. The molecule has 7 rings (SSSR count). The summed E-state index contributed by atoms with van der Waals surface area (Å²) in [5.74, 6) is 0.625. The van der Waals surface area contributed by atoms with E-state index in [1.54, 1.807) is 12.4 Å². The Morgan fingerprint density at radius 2 is 1.92 bits per heavy atom. The van der Waals surface area contributed by atoms with Crippen molar-refractivity contribution in [3.63, 3.8) is 0 Å². The predicted octanol–water partition coefficient (Wildman–Crippen LogP) is 1.92. The number of oxime groups is 1. The maximum Gasteiger partial charge on any atom is 0.320 e. The molecule has 1 saturated heterocycles. The number of anilines is 1. The van der Waals surface area contributed by atoms with Gasteiger partial charge in [0.15, 0.2) is 5.60 Å². The summed E-state index contributed by atoms with van der Waals surface area (Å²) in [6.07, 6.45) is 7.71. The van der Waals surface area contributed by atoms with Gasteiger partial charge in [-0.15, -0.1) is 5.10 Å². The Kier molecular flexibility index (Phi) is 4.90. The number of carbonyl (C=O) groups is 1. The highest BCUT2D eigenvalue weighted by atomic mass is 16.7. The van der Waals surface area contributed by atoms with Crippen LogP contribution in [0.5, 0.6) is 0 Å². The van der Waals surface area contributed by atoms with Crippen molar-refractivity contribution >= 4 is 17.7 Å². The van der Waals surface area contributed by atoms with Crippen LogP contribution >= 0.6 is 0 Å². The van der Waals surface area contributed by atoms with Crippen LogP contribution in [0.1, 0.15) is 40.9 Å². The minimum Gasteiger partial charge on any atom is -0.387 e. The summed E-state index contributed by atoms with van der Waals surface area (Å²) in [6, 6.07) is 8.87.